The Morgan fingerprint density at radius 3 is 3.09 bits per heavy atom. The highest BCUT2D eigenvalue weighted by atomic mass is 16.5. The number of fused-ring (bicyclic) bond motifs is 1. The molecule has 0 N–H and O–H groups in total. The average Bonchev–Trinajstić information content (AvgIpc) is 2.28. The van der Waals surface area contributed by atoms with E-state index in [2.05, 4.69) is 4.99 Å². The van der Waals surface area contributed by atoms with Crippen LogP contribution in [0, 0.1) is 0 Å². The van der Waals surface area contributed by atoms with Gasteiger partial charge in [-0.25, -0.2) is 4.99 Å². The molecule has 0 unspecified atom stereocenters. The van der Waals surface area contributed by atoms with E-state index in [0.717, 1.165) is 11.3 Å². The normalized spacial score (nSPS) is 13.5. The van der Waals surface area contributed by atoms with Crippen molar-refractivity contribution in [3.8, 4) is 0 Å². The summed E-state index contributed by atoms with van der Waals surface area (Å²) >= 11 is 0. The van der Waals surface area contributed by atoms with Gasteiger partial charge in [0.15, 0.2) is 6.40 Å². The number of nitrogens with zero attached hydrogens (tertiary/aromatic N) is 1. The van der Waals surface area contributed by atoms with E-state index >= 15 is 0 Å². The molecule has 0 radical (unpaired) electrons. The van der Waals surface area contributed by atoms with Crippen LogP contribution in [-0.4, -0.2) is 6.40 Å². The van der Waals surface area contributed by atoms with Gasteiger partial charge in [-0.05, 0) is 12.1 Å². The monoisotopic (exact) mass is 145 g/mol. The summed E-state index contributed by atoms with van der Waals surface area (Å²) in [6.07, 6.45) is 4.94. The maximum atomic E-state index is 4.90. The highest BCUT2D eigenvalue weighted by Crippen LogP contribution is 2.20. The van der Waals surface area contributed by atoms with Crippen LogP contribution in [0.25, 0.3) is 6.08 Å². The Morgan fingerprint density at radius 2 is 2.09 bits per heavy atom. The fraction of sp³-hybridized carbons (Fsp3) is 0. The number of para-hydroxylation sites is 1. The van der Waals surface area contributed by atoms with Crippen molar-refractivity contribution in [2.24, 2.45) is 4.99 Å². The van der Waals surface area contributed by atoms with Crippen molar-refractivity contribution < 1.29 is 4.74 Å². The standard InChI is InChI=1S/C9H7NO/c1-2-4-9-8(3-1)5-6-11-7-10-9/h1-7H. The Morgan fingerprint density at radius 1 is 1.18 bits per heavy atom. The Bertz CT molecular complexity index is 284. The third-order valence-electron chi connectivity index (χ3n) is 1.52. The molecular weight excluding hydrogens is 138 g/mol. The van der Waals surface area contributed by atoms with Crippen LogP contribution in [0.15, 0.2) is 35.5 Å². The van der Waals surface area contributed by atoms with Crippen LogP contribution in [-0.2, 0) is 4.74 Å². The lowest BCUT2D eigenvalue weighted by molar-refractivity contribution is 0.500. The fourth-order valence-electron chi connectivity index (χ4n) is 0.981. The second-order valence-electron chi connectivity index (χ2n) is 2.23. The first kappa shape index (κ1) is 6.16. The van der Waals surface area contributed by atoms with Crippen LogP contribution in [0.2, 0.25) is 0 Å². The van der Waals surface area contributed by atoms with Gasteiger partial charge in [0.25, 0.3) is 0 Å². The molecule has 1 aliphatic rings. The van der Waals surface area contributed by atoms with Crippen molar-refractivity contribution in [3.63, 3.8) is 0 Å². The topological polar surface area (TPSA) is 21.6 Å². The van der Waals surface area contributed by atoms with Gasteiger partial charge in [-0.3, -0.25) is 0 Å². The molecule has 0 spiro atoms. The molecule has 0 saturated carbocycles. The van der Waals surface area contributed by atoms with E-state index in [9.17, 15) is 0 Å². The Balaban J connectivity index is 2.58. The summed E-state index contributed by atoms with van der Waals surface area (Å²) < 4.78 is 4.90. The van der Waals surface area contributed by atoms with Crippen molar-refractivity contribution in [1.29, 1.82) is 0 Å². The van der Waals surface area contributed by atoms with Gasteiger partial charge in [0.05, 0.1) is 11.9 Å². The number of hydrogen-bond donors (Lipinski definition) is 0. The molecule has 0 saturated heterocycles. The second-order valence-corrected chi connectivity index (χ2v) is 2.23. The zero-order chi connectivity index (χ0) is 7.52. The molecule has 0 fully saturated rings. The molecule has 0 aliphatic carbocycles. The first-order chi connectivity index (χ1) is 5.47. The molecule has 1 heterocycles. The second kappa shape index (κ2) is 2.58. The third kappa shape index (κ3) is 1.15. The molecule has 2 heteroatoms. The van der Waals surface area contributed by atoms with Crippen LogP contribution in [0.3, 0.4) is 0 Å². The summed E-state index contributed by atoms with van der Waals surface area (Å²) in [5.41, 5.74) is 2.03. The van der Waals surface area contributed by atoms with E-state index in [4.69, 9.17) is 4.74 Å². The highest BCUT2D eigenvalue weighted by Gasteiger charge is 1.96. The zero-order valence-electron chi connectivity index (χ0n) is 5.90. The smallest absolute Gasteiger partial charge is 0.180 e. The lowest BCUT2D eigenvalue weighted by atomic mass is 10.2. The first-order valence-electron chi connectivity index (χ1n) is 3.40. The number of rotatable bonds is 0. The molecular formula is C9H7NO. The fourth-order valence-corrected chi connectivity index (χ4v) is 0.981. The van der Waals surface area contributed by atoms with Crippen LogP contribution >= 0.6 is 0 Å². The summed E-state index contributed by atoms with van der Waals surface area (Å²) in [4.78, 5) is 4.08. The quantitative estimate of drug-likeness (QED) is 0.549. The van der Waals surface area contributed by atoms with Gasteiger partial charge in [0, 0.05) is 5.56 Å². The maximum Gasteiger partial charge on any atom is 0.180 e. The molecule has 0 atom stereocenters. The summed E-state index contributed by atoms with van der Waals surface area (Å²) in [7, 11) is 0. The predicted octanol–water partition coefficient (Wildman–Crippen LogP) is 2.35. The van der Waals surface area contributed by atoms with Crippen LogP contribution in [0.4, 0.5) is 5.69 Å². The summed E-state index contributed by atoms with van der Waals surface area (Å²) in [5.74, 6) is 0. The van der Waals surface area contributed by atoms with Crippen molar-refractivity contribution in [2.75, 3.05) is 0 Å². The SMILES string of the molecule is C1=Cc2ccccc2N=CO1. The minimum Gasteiger partial charge on any atom is -0.453 e. The van der Waals surface area contributed by atoms with E-state index in [1.54, 1.807) is 6.26 Å². The summed E-state index contributed by atoms with van der Waals surface area (Å²) in [6.45, 7) is 0. The molecule has 1 aliphatic heterocycles. The van der Waals surface area contributed by atoms with Gasteiger partial charge < -0.3 is 4.74 Å². The van der Waals surface area contributed by atoms with Gasteiger partial charge in [-0.1, -0.05) is 18.2 Å². The van der Waals surface area contributed by atoms with E-state index in [-0.39, 0.29) is 0 Å². The number of benzene rings is 1. The molecule has 11 heavy (non-hydrogen) atoms. The third-order valence-corrected chi connectivity index (χ3v) is 1.52. The lowest BCUT2D eigenvalue weighted by Gasteiger charge is -1.94. The molecule has 0 amide bonds. The van der Waals surface area contributed by atoms with Crippen LogP contribution in [0.1, 0.15) is 5.56 Å². The van der Waals surface area contributed by atoms with Gasteiger partial charge in [0.2, 0.25) is 0 Å². The van der Waals surface area contributed by atoms with Gasteiger partial charge >= 0.3 is 0 Å². The van der Waals surface area contributed by atoms with Crippen LogP contribution in [0.5, 0.6) is 0 Å². The number of hydrogen-bond acceptors (Lipinski definition) is 2. The molecule has 0 aromatic heterocycles. The van der Waals surface area contributed by atoms with Crippen molar-refractivity contribution in [3.05, 3.63) is 36.1 Å². The van der Waals surface area contributed by atoms with Gasteiger partial charge in [-0.15, -0.1) is 0 Å². The van der Waals surface area contributed by atoms with E-state index in [1.165, 1.54) is 6.40 Å². The Labute approximate surface area is 64.8 Å². The minimum absolute atomic E-state index is 0.946. The number of ether oxygens (including phenoxy) is 1. The number of aliphatic imine (C=N–C) groups is 1. The molecule has 1 aromatic rings. The first-order valence-corrected chi connectivity index (χ1v) is 3.40. The molecule has 2 nitrogen and oxygen atoms in total. The predicted molar refractivity (Wildman–Crippen MR) is 44.7 cm³/mol. The van der Waals surface area contributed by atoms with E-state index in [0.29, 0.717) is 0 Å². The summed E-state index contributed by atoms with van der Waals surface area (Å²) in [6, 6.07) is 7.88. The van der Waals surface area contributed by atoms with Crippen molar-refractivity contribution in [1.82, 2.24) is 0 Å². The summed E-state index contributed by atoms with van der Waals surface area (Å²) in [5, 5.41) is 0. The molecule has 2 rings (SSSR count). The lowest BCUT2D eigenvalue weighted by Crippen LogP contribution is -1.71. The molecule has 0 bridgehead atoms. The Kier molecular flexibility index (Phi) is 1.44. The average molecular weight is 145 g/mol. The minimum atomic E-state index is 0.946. The Hall–Kier alpha value is -1.57. The van der Waals surface area contributed by atoms with Gasteiger partial charge in [0.1, 0.15) is 0 Å². The van der Waals surface area contributed by atoms with E-state index in [1.807, 2.05) is 30.3 Å². The maximum absolute atomic E-state index is 4.90. The van der Waals surface area contributed by atoms with Crippen LogP contribution < -0.4 is 0 Å². The van der Waals surface area contributed by atoms with Crippen molar-refractivity contribution >= 4 is 18.2 Å². The highest BCUT2D eigenvalue weighted by molar-refractivity contribution is 5.70. The van der Waals surface area contributed by atoms with Crippen molar-refractivity contribution in [2.45, 2.75) is 0 Å². The largest absolute Gasteiger partial charge is 0.453 e. The van der Waals surface area contributed by atoms with Gasteiger partial charge in [-0.2, -0.15) is 0 Å². The molecule has 54 valence electrons. The molecule has 1 aromatic carbocycles. The van der Waals surface area contributed by atoms with E-state index < -0.39 is 0 Å². The zero-order valence-corrected chi connectivity index (χ0v) is 5.90.